The van der Waals surface area contributed by atoms with Crippen molar-refractivity contribution in [3.8, 4) is 0 Å². The summed E-state index contributed by atoms with van der Waals surface area (Å²) in [6.07, 6.45) is 11.5. The van der Waals surface area contributed by atoms with Gasteiger partial charge in [0.05, 0.1) is 5.41 Å². The van der Waals surface area contributed by atoms with Crippen LogP contribution in [0.15, 0.2) is 0 Å². The first-order valence-corrected chi connectivity index (χ1v) is 10.3. The Morgan fingerprint density at radius 3 is 2.42 bits per heavy atom. The van der Waals surface area contributed by atoms with Crippen molar-refractivity contribution in [2.24, 2.45) is 22.2 Å². The first-order chi connectivity index (χ1) is 11.3. The molecule has 1 saturated heterocycles. The molecule has 0 aromatic rings. The molecule has 5 fully saturated rings. The van der Waals surface area contributed by atoms with Crippen LogP contribution in [0.25, 0.3) is 0 Å². The minimum atomic E-state index is -0.0452. The lowest BCUT2D eigenvalue weighted by molar-refractivity contribution is -0.170. The van der Waals surface area contributed by atoms with Gasteiger partial charge in [0.2, 0.25) is 5.91 Å². The molecule has 1 aliphatic heterocycles. The van der Waals surface area contributed by atoms with Gasteiger partial charge in [-0.05, 0) is 81.6 Å². The molecular weight excluding hydrogens is 296 g/mol. The summed E-state index contributed by atoms with van der Waals surface area (Å²) in [7, 11) is 0. The molecule has 3 atom stereocenters. The Kier molecular flexibility index (Phi) is 4.02. The lowest BCUT2D eigenvalue weighted by atomic mass is 9.40. The number of nitrogens with zero attached hydrogens (tertiary/aromatic N) is 1. The highest BCUT2D eigenvalue weighted by molar-refractivity contribution is 5.83. The number of amides is 1. The van der Waals surface area contributed by atoms with Crippen LogP contribution >= 0.6 is 0 Å². The molecule has 4 bridgehead atoms. The van der Waals surface area contributed by atoms with Gasteiger partial charge in [-0.15, -0.1) is 0 Å². The zero-order chi connectivity index (χ0) is 17.0. The van der Waals surface area contributed by atoms with Crippen LogP contribution in [0.4, 0.5) is 0 Å². The molecule has 0 spiro atoms. The van der Waals surface area contributed by atoms with E-state index < -0.39 is 0 Å². The van der Waals surface area contributed by atoms with Gasteiger partial charge in [0, 0.05) is 19.1 Å². The minimum Gasteiger partial charge on any atom is -0.354 e. The molecule has 4 saturated carbocycles. The third-order valence-corrected chi connectivity index (χ3v) is 7.73. The predicted molar refractivity (Wildman–Crippen MR) is 97.7 cm³/mol. The van der Waals surface area contributed by atoms with Crippen LogP contribution in [0.3, 0.4) is 0 Å². The number of carbonyl (C=O) groups excluding carboxylic acids is 1. The maximum absolute atomic E-state index is 13.2. The third kappa shape index (κ3) is 2.91. The molecular formula is C21H36N2O. The van der Waals surface area contributed by atoms with Crippen molar-refractivity contribution in [1.82, 2.24) is 10.2 Å². The van der Waals surface area contributed by atoms with Crippen molar-refractivity contribution >= 4 is 5.91 Å². The van der Waals surface area contributed by atoms with Crippen molar-refractivity contribution < 1.29 is 4.79 Å². The highest BCUT2D eigenvalue weighted by Gasteiger charge is 2.62. The summed E-state index contributed by atoms with van der Waals surface area (Å²) in [4.78, 5) is 15.7. The lowest BCUT2D eigenvalue weighted by Crippen LogP contribution is -2.60. The van der Waals surface area contributed by atoms with Crippen molar-refractivity contribution in [1.29, 1.82) is 0 Å². The fraction of sp³-hybridized carbons (Fsp3) is 0.952. The van der Waals surface area contributed by atoms with Crippen LogP contribution in [0.2, 0.25) is 0 Å². The molecule has 1 amide bonds. The molecule has 5 rings (SSSR count). The Balaban J connectivity index is 1.38. The molecule has 4 aliphatic carbocycles. The van der Waals surface area contributed by atoms with Crippen LogP contribution in [0.1, 0.15) is 78.6 Å². The summed E-state index contributed by atoms with van der Waals surface area (Å²) < 4.78 is 0. The largest absolute Gasteiger partial charge is 0.354 e. The number of hydrogen-bond acceptors (Lipinski definition) is 2. The van der Waals surface area contributed by atoms with Crippen LogP contribution in [-0.4, -0.2) is 36.5 Å². The average Bonchev–Trinajstić information content (AvgIpc) is 2.45. The molecule has 0 aromatic carbocycles. The number of rotatable bonds is 4. The van der Waals surface area contributed by atoms with Crippen molar-refractivity contribution in [3.63, 3.8) is 0 Å². The van der Waals surface area contributed by atoms with Gasteiger partial charge in [-0.3, -0.25) is 9.69 Å². The average molecular weight is 333 g/mol. The minimum absolute atomic E-state index is 0.0452. The third-order valence-electron chi connectivity index (χ3n) is 7.73. The molecule has 24 heavy (non-hydrogen) atoms. The number of nitrogens with one attached hydrogen (secondary N) is 1. The molecule has 1 heterocycles. The van der Waals surface area contributed by atoms with Crippen LogP contribution in [-0.2, 0) is 4.79 Å². The lowest BCUT2D eigenvalue weighted by Gasteiger charge is -2.64. The van der Waals surface area contributed by atoms with Crippen LogP contribution in [0, 0.1) is 22.2 Å². The molecule has 136 valence electrons. The SMILES string of the molecule is CC1CCCCN1CCNC(=O)C12CC3CC(C)(CC(C)(C3)C1)C2. The summed E-state index contributed by atoms with van der Waals surface area (Å²) in [5, 5.41) is 3.36. The van der Waals surface area contributed by atoms with E-state index in [1.165, 1.54) is 45.1 Å². The number of carbonyl (C=O) groups is 1. The van der Waals surface area contributed by atoms with Gasteiger partial charge in [0.15, 0.2) is 0 Å². The van der Waals surface area contributed by atoms with Gasteiger partial charge in [0.25, 0.3) is 0 Å². The standard InChI is InChI=1S/C21H36N2O/c1-16-6-4-5-8-23(16)9-7-22-18(24)21-12-17-10-19(2,14-21)13-20(3,11-17)15-21/h16-17H,4-15H2,1-3H3,(H,22,24). The van der Waals surface area contributed by atoms with Gasteiger partial charge in [-0.25, -0.2) is 0 Å². The van der Waals surface area contributed by atoms with E-state index in [1.54, 1.807) is 0 Å². The summed E-state index contributed by atoms with van der Waals surface area (Å²) >= 11 is 0. The normalized spacial score (nSPS) is 47.8. The van der Waals surface area contributed by atoms with E-state index in [-0.39, 0.29) is 5.41 Å². The fourth-order valence-corrected chi connectivity index (χ4v) is 7.69. The smallest absolute Gasteiger partial charge is 0.226 e. The zero-order valence-electron chi connectivity index (χ0n) is 16.0. The summed E-state index contributed by atoms with van der Waals surface area (Å²) in [5.74, 6) is 1.18. The van der Waals surface area contributed by atoms with Gasteiger partial charge >= 0.3 is 0 Å². The van der Waals surface area contributed by atoms with Crippen LogP contribution < -0.4 is 5.32 Å². The van der Waals surface area contributed by atoms with Gasteiger partial charge in [-0.1, -0.05) is 20.3 Å². The summed E-state index contributed by atoms with van der Waals surface area (Å²) in [5.41, 5.74) is 0.802. The highest BCUT2D eigenvalue weighted by Crippen LogP contribution is 2.69. The number of piperidine rings is 1. The molecule has 0 radical (unpaired) electrons. The van der Waals surface area contributed by atoms with Crippen molar-refractivity contribution in [2.45, 2.75) is 84.6 Å². The molecule has 3 heteroatoms. The number of hydrogen-bond donors (Lipinski definition) is 1. The summed E-state index contributed by atoms with van der Waals surface area (Å²) in [6, 6.07) is 0.688. The number of likely N-dealkylation sites (tertiary alicyclic amines) is 1. The first kappa shape index (κ1) is 16.9. The van der Waals surface area contributed by atoms with E-state index in [0.717, 1.165) is 38.3 Å². The second-order valence-electron chi connectivity index (χ2n) is 10.5. The monoisotopic (exact) mass is 332 g/mol. The fourth-order valence-electron chi connectivity index (χ4n) is 7.69. The zero-order valence-corrected chi connectivity index (χ0v) is 16.0. The quantitative estimate of drug-likeness (QED) is 0.845. The summed E-state index contributed by atoms with van der Waals surface area (Å²) in [6.45, 7) is 10.3. The Morgan fingerprint density at radius 1 is 1.08 bits per heavy atom. The van der Waals surface area contributed by atoms with Crippen molar-refractivity contribution in [2.75, 3.05) is 19.6 Å². The Morgan fingerprint density at radius 2 is 1.79 bits per heavy atom. The van der Waals surface area contributed by atoms with E-state index in [2.05, 4.69) is 31.0 Å². The second-order valence-corrected chi connectivity index (χ2v) is 10.5. The maximum Gasteiger partial charge on any atom is 0.226 e. The molecule has 1 N–H and O–H groups in total. The van der Waals surface area contributed by atoms with E-state index >= 15 is 0 Å². The van der Waals surface area contributed by atoms with E-state index in [0.29, 0.717) is 22.8 Å². The van der Waals surface area contributed by atoms with Crippen molar-refractivity contribution in [3.05, 3.63) is 0 Å². The Hall–Kier alpha value is -0.570. The van der Waals surface area contributed by atoms with E-state index in [9.17, 15) is 4.79 Å². The second kappa shape index (κ2) is 5.72. The maximum atomic E-state index is 13.2. The molecule has 3 nitrogen and oxygen atoms in total. The van der Waals surface area contributed by atoms with E-state index in [1.807, 2.05) is 0 Å². The topological polar surface area (TPSA) is 32.3 Å². The molecule has 5 aliphatic rings. The van der Waals surface area contributed by atoms with Gasteiger partial charge < -0.3 is 5.32 Å². The predicted octanol–water partition coefficient (Wildman–Crippen LogP) is 3.97. The van der Waals surface area contributed by atoms with E-state index in [4.69, 9.17) is 0 Å². The molecule has 0 aromatic heterocycles. The molecule has 3 unspecified atom stereocenters. The van der Waals surface area contributed by atoms with Crippen LogP contribution in [0.5, 0.6) is 0 Å². The van der Waals surface area contributed by atoms with Gasteiger partial charge in [0.1, 0.15) is 0 Å². The van der Waals surface area contributed by atoms with Gasteiger partial charge in [-0.2, -0.15) is 0 Å². The highest BCUT2D eigenvalue weighted by atomic mass is 16.2. The first-order valence-electron chi connectivity index (χ1n) is 10.3. The Bertz CT molecular complexity index is 498. The Labute approximate surface area is 147 Å².